The summed E-state index contributed by atoms with van der Waals surface area (Å²) < 4.78 is 0. The van der Waals surface area contributed by atoms with Crippen LogP contribution in [-0.4, -0.2) is 11.9 Å². The lowest BCUT2D eigenvalue weighted by Gasteiger charge is -2.06. The molecule has 0 saturated carbocycles. The van der Waals surface area contributed by atoms with Crippen LogP contribution in [0.4, 0.5) is 5.69 Å². The van der Waals surface area contributed by atoms with Gasteiger partial charge in [0.15, 0.2) is 0 Å². The third-order valence-electron chi connectivity index (χ3n) is 2.39. The summed E-state index contributed by atoms with van der Waals surface area (Å²) in [5, 5.41) is 0. The molecule has 3 N–H and O–H groups in total. The molecule has 0 bridgehead atoms. The summed E-state index contributed by atoms with van der Waals surface area (Å²) in [5.74, 6) is -0.910. The second-order valence-corrected chi connectivity index (χ2v) is 3.99. The fourth-order valence-corrected chi connectivity index (χ4v) is 1.41. The van der Waals surface area contributed by atoms with Crippen molar-refractivity contribution < 1.29 is 14.4 Å². The van der Waals surface area contributed by atoms with Gasteiger partial charge in [0, 0.05) is 17.7 Å². The number of benzene rings is 1. The van der Waals surface area contributed by atoms with E-state index < -0.39 is 11.9 Å². The number of unbranched alkanes of at least 4 members (excludes halogenated alkanes) is 2. The minimum Gasteiger partial charge on any atom is -0.399 e. The summed E-state index contributed by atoms with van der Waals surface area (Å²) in [6, 6.07) is 6.44. The monoisotopic (exact) mass is 250 g/mol. The predicted octanol–water partition coefficient (Wildman–Crippen LogP) is 2.04. The number of carbonyl (C=O) groups excluding carboxylic acids is 2. The number of rotatable bonds is 5. The first-order valence-electron chi connectivity index (χ1n) is 5.99. The maximum absolute atomic E-state index is 11.6. The quantitative estimate of drug-likeness (QED) is 0.476. The number of nitrogens with two attached hydrogens (primary N) is 1. The number of nitrogens with one attached hydrogen (secondary N) is 1. The molecule has 0 heterocycles. The van der Waals surface area contributed by atoms with Crippen molar-refractivity contribution in [3.8, 4) is 0 Å². The SMILES string of the molecule is CCCCCC(=O)ONC(=O)c1cccc(N)c1. The van der Waals surface area contributed by atoms with Crippen LogP contribution < -0.4 is 11.2 Å². The fourth-order valence-electron chi connectivity index (χ4n) is 1.41. The number of carbonyl (C=O) groups is 2. The van der Waals surface area contributed by atoms with E-state index in [0.717, 1.165) is 19.3 Å². The van der Waals surface area contributed by atoms with E-state index in [-0.39, 0.29) is 0 Å². The largest absolute Gasteiger partial charge is 0.399 e. The van der Waals surface area contributed by atoms with Crippen molar-refractivity contribution in [2.24, 2.45) is 0 Å². The van der Waals surface area contributed by atoms with Gasteiger partial charge in [0.25, 0.3) is 5.91 Å². The van der Waals surface area contributed by atoms with Gasteiger partial charge in [-0.3, -0.25) is 4.79 Å². The predicted molar refractivity (Wildman–Crippen MR) is 68.6 cm³/mol. The van der Waals surface area contributed by atoms with Gasteiger partial charge in [-0.05, 0) is 24.6 Å². The maximum atomic E-state index is 11.6. The third-order valence-corrected chi connectivity index (χ3v) is 2.39. The van der Waals surface area contributed by atoms with E-state index in [1.54, 1.807) is 18.2 Å². The first-order valence-corrected chi connectivity index (χ1v) is 5.99. The van der Waals surface area contributed by atoms with Crippen molar-refractivity contribution in [3.05, 3.63) is 29.8 Å². The van der Waals surface area contributed by atoms with Gasteiger partial charge in [-0.1, -0.05) is 25.8 Å². The Kier molecular flexibility index (Phi) is 5.70. The van der Waals surface area contributed by atoms with Gasteiger partial charge in [0.05, 0.1) is 0 Å². The molecule has 1 aromatic rings. The number of hydrogen-bond donors (Lipinski definition) is 2. The maximum Gasteiger partial charge on any atom is 0.332 e. The Morgan fingerprint density at radius 1 is 1.33 bits per heavy atom. The second kappa shape index (κ2) is 7.32. The Bertz CT molecular complexity index is 418. The van der Waals surface area contributed by atoms with E-state index in [1.165, 1.54) is 6.07 Å². The molecule has 0 fully saturated rings. The van der Waals surface area contributed by atoms with E-state index in [2.05, 4.69) is 10.3 Å². The molecule has 1 amide bonds. The van der Waals surface area contributed by atoms with Gasteiger partial charge in [-0.15, -0.1) is 0 Å². The lowest BCUT2D eigenvalue weighted by atomic mass is 10.2. The van der Waals surface area contributed by atoms with Crippen molar-refractivity contribution >= 4 is 17.6 Å². The molecule has 0 radical (unpaired) electrons. The van der Waals surface area contributed by atoms with Gasteiger partial charge >= 0.3 is 5.97 Å². The van der Waals surface area contributed by atoms with E-state index in [9.17, 15) is 9.59 Å². The summed E-state index contributed by atoms with van der Waals surface area (Å²) in [6.45, 7) is 2.05. The zero-order valence-electron chi connectivity index (χ0n) is 10.4. The van der Waals surface area contributed by atoms with Crippen LogP contribution in [0, 0.1) is 0 Å². The average Bonchev–Trinajstić information content (AvgIpc) is 2.36. The van der Waals surface area contributed by atoms with Crippen LogP contribution in [-0.2, 0) is 9.63 Å². The third kappa shape index (κ3) is 4.86. The minimum absolute atomic E-state index is 0.311. The highest BCUT2D eigenvalue weighted by Gasteiger charge is 2.08. The summed E-state index contributed by atoms with van der Waals surface area (Å²) in [7, 11) is 0. The topological polar surface area (TPSA) is 81.4 Å². The minimum atomic E-state index is -0.480. The molecule has 18 heavy (non-hydrogen) atoms. The Labute approximate surface area is 106 Å². The van der Waals surface area contributed by atoms with E-state index in [1.807, 2.05) is 6.92 Å². The molecule has 0 aliphatic carbocycles. The van der Waals surface area contributed by atoms with E-state index in [4.69, 9.17) is 5.73 Å². The molecular weight excluding hydrogens is 232 g/mol. The fraction of sp³-hybridized carbons (Fsp3) is 0.385. The first kappa shape index (κ1) is 14.0. The highest BCUT2D eigenvalue weighted by Crippen LogP contribution is 2.06. The molecule has 98 valence electrons. The van der Waals surface area contributed by atoms with Gasteiger partial charge < -0.3 is 10.6 Å². The molecule has 1 aromatic carbocycles. The van der Waals surface area contributed by atoms with Crippen molar-refractivity contribution in [1.29, 1.82) is 0 Å². The molecule has 0 spiro atoms. The van der Waals surface area contributed by atoms with Crippen molar-refractivity contribution in [2.45, 2.75) is 32.6 Å². The lowest BCUT2D eigenvalue weighted by Crippen LogP contribution is -2.27. The normalized spacial score (nSPS) is 9.83. The van der Waals surface area contributed by atoms with E-state index >= 15 is 0 Å². The Hall–Kier alpha value is -2.04. The standard InChI is InChI=1S/C13H18N2O3/c1-2-3-4-8-12(16)18-15-13(17)10-6-5-7-11(14)9-10/h5-7,9H,2-4,8,14H2,1H3,(H,15,17). The first-order chi connectivity index (χ1) is 8.63. The van der Waals surface area contributed by atoms with Crippen LogP contribution >= 0.6 is 0 Å². The van der Waals surface area contributed by atoms with Crippen LogP contribution in [0.25, 0.3) is 0 Å². The smallest absolute Gasteiger partial charge is 0.332 e. The van der Waals surface area contributed by atoms with Crippen LogP contribution in [0.15, 0.2) is 24.3 Å². The Morgan fingerprint density at radius 2 is 2.11 bits per heavy atom. The van der Waals surface area contributed by atoms with Crippen molar-refractivity contribution in [3.63, 3.8) is 0 Å². The van der Waals surface area contributed by atoms with Gasteiger partial charge in [-0.2, -0.15) is 5.48 Å². The molecule has 0 unspecified atom stereocenters. The van der Waals surface area contributed by atoms with Gasteiger partial charge in [0.2, 0.25) is 0 Å². The molecule has 0 aliphatic rings. The van der Waals surface area contributed by atoms with Crippen molar-refractivity contribution in [2.75, 3.05) is 5.73 Å². The molecule has 0 aliphatic heterocycles. The summed E-state index contributed by atoms with van der Waals surface area (Å²) in [4.78, 5) is 27.5. The zero-order chi connectivity index (χ0) is 13.4. The molecule has 5 nitrogen and oxygen atoms in total. The average molecular weight is 250 g/mol. The second-order valence-electron chi connectivity index (χ2n) is 3.99. The number of hydrogen-bond acceptors (Lipinski definition) is 4. The summed E-state index contributed by atoms with van der Waals surface area (Å²) in [5.41, 5.74) is 8.50. The number of hydroxylamine groups is 1. The van der Waals surface area contributed by atoms with Crippen LogP contribution in [0.5, 0.6) is 0 Å². The lowest BCUT2D eigenvalue weighted by molar-refractivity contribution is -0.149. The van der Waals surface area contributed by atoms with Gasteiger partial charge in [0.1, 0.15) is 0 Å². The zero-order valence-corrected chi connectivity index (χ0v) is 10.4. The summed E-state index contributed by atoms with van der Waals surface area (Å²) in [6.07, 6.45) is 3.08. The molecule has 0 atom stereocenters. The molecule has 0 aromatic heterocycles. The number of amides is 1. The molecule has 5 heteroatoms. The van der Waals surface area contributed by atoms with Crippen LogP contribution in [0.3, 0.4) is 0 Å². The van der Waals surface area contributed by atoms with Crippen LogP contribution in [0.1, 0.15) is 43.0 Å². The summed E-state index contributed by atoms with van der Waals surface area (Å²) >= 11 is 0. The van der Waals surface area contributed by atoms with Crippen molar-refractivity contribution in [1.82, 2.24) is 5.48 Å². The Morgan fingerprint density at radius 3 is 2.78 bits per heavy atom. The number of anilines is 1. The number of nitrogen functional groups attached to an aromatic ring is 1. The van der Waals surface area contributed by atoms with Crippen LogP contribution in [0.2, 0.25) is 0 Å². The highest BCUT2D eigenvalue weighted by atomic mass is 16.7. The molecule has 0 saturated heterocycles. The molecular formula is C13H18N2O3. The molecule has 1 rings (SSSR count). The highest BCUT2D eigenvalue weighted by molar-refractivity contribution is 5.94. The van der Waals surface area contributed by atoms with E-state index in [0.29, 0.717) is 17.7 Å². The van der Waals surface area contributed by atoms with Gasteiger partial charge in [-0.25, -0.2) is 4.79 Å². The Balaban J connectivity index is 2.35.